The number of pyridine rings is 1. The zero-order valence-electron chi connectivity index (χ0n) is 9.41. The Morgan fingerprint density at radius 2 is 2.16 bits per heavy atom. The van der Waals surface area contributed by atoms with Crippen LogP contribution in [0.4, 0.5) is 5.69 Å². The number of nitro benzene ring substituents is 1. The molecule has 19 heavy (non-hydrogen) atoms. The van der Waals surface area contributed by atoms with Crippen molar-refractivity contribution in [3.8, 4) is 17.6 Å². The van der Waals surface area contributed by atoms with Gasteiger partial charge in [0.2, 0.25) is 5.75 Å². The molecule has 0 aliphatic heterocycles. The second kappa shape index (κ2) is 5.46. The number of aromatic nitrogens is 1. The molecule has 1 aromatic heterocycles. The molecule has 0 spiro atoms. The molecule has 6 nitrogen and oxygen atoms in total. The average Bonchev–Trinajstić information content (AvgIpc) is 2.41. The molecule has 1 aromatic carbocycles. The normalized spacial score (nSPS) is 9.68. The zero-order valence-corrected chi connectivity index (χ0v) is 11.0. The molecule has 94 valence electrons. The lowest BCUT2D eigenvalue weighted by molar-refractivity contribution is -0.385. The van der Waals surface area contributed by atoms with Gasteiger partial charge in [-0.15, -0.1) is 0 Å². The third kappa shape index (κ3) is 2.69. The number of halogens is 1. The molecule has 0 fully saturated rings. The third-order valence-corrected chi connectivity index (χ3v) is 2.86. The van der Waals surface area contributed by atoms with E-state index in [-0.39, 0.29) is 22.9 Å². The van der Waals surface area contributed by atoms with E-state index in [2.05, 4.69) is 20.9 Å². The summed E-state index contributed by atoms with van der Waals surface area (Å²) in [6, 6.07) is 9.44. The fourth-order valence-electron chi connectivity index (χ4n) is 1.41. The summed E-state index contributed by atoms with van der Waals surface area (Å²) in [7, 11) is 0. The van der Waals surface area contributed by atoms with Gasteiger partial charge in [0.15, 0.2) is 11.4 Å². The van der Waals surface area contributed by atoms with Gasteiger partial charge in [-0.2, -0.15) is 5.26 Å². The Hall–Kier alpha value is -2.46. The lowest BCUT2D eigenvalue weighted by Gasteiger charge is -2.08. The quantitative estimate of drug-likeness (QED) is 0.638. The predicted molar refractivity (Wildman–Crippen MR) is 69.8 cm³/mol. The number of ether oxygens (including phenoxy) is 1. The number of nitriles is 1. The summed E-state index contributed by atoms with van der Waals surface area (Å²) in [5.41, 5.74) is -0.130. The fourth-order valence-corrected chi connectivity index (χ4v) is 1.85. The molecular formula is C12H6BrN3O3. The zero-order chi connectivity index (χ0) is 13.8. The number of hydrogen-bond donors (Lipinski definition) is 0. The van der Waals surface area contributed by atoms with E-state index in [1.807, 2.05) is 6.07 Å². The van der Waals surface area contributed by atoms with Crippen molar-refractivity contribution in [2.45, 2.75) is 0 Å². The minimum Gasteiger partial charge on any atom is -0.446 e. The first kappa shape index (κ1) is 13.0. The van der Waals surface area contributed by atoms with E-state index in [4.69, 9.17) is 10.00 Å². The van der Waals surface area contributed by atoms with Crippen molar-refractivity contribution in [2.24, 2.45) is 0 Å². The van der Waals surface area contributed by atoms with Gasteiger partial charge in [0.1, 0.15) is 6.07 Å². The van der Waals surface area contributed by atoms with E-state index in [0.29, 0.717) is 4.47 Å². The molecular weight excluding hydrogens is 314 g/mol. The van der Waals surface area contributed by atoms with E-state index >= 15 is 0 Å². The second-order valence-electron chi connectivity index (χ2n) is 3.41. The fraction of sp³-hybridized carbons (Fsp3) is 0. The lowest BCUT2D eigenvalue weighted by atomic mass is 10.3. The van der Waals surface area contributed by atoms with Gasteiger partial charge in [-0.25, -0.2) is 4.98 Å². The van der Waals surface area contributed by atoms with Crippen LogP contribution in [0.15, 0.2) is 41.0 Å². The maximum atomic E-state index is 10.9. The van der Waals surface area contributed by atoms with Crippen molar-refractivity contribution in [3.63, 3.8) is 0 Å². The highest BCUT2D eigenvalue weighted by Crippen LogP contribution is 2.38. The van der Waals surface area contributed by atoms with Crippen LogP contribution in [0.5, 0.6) is 11.5 Å². The predicted octanol–water partition coefficient (Wildman–Crippen LogP) is 3.42. The molecule has 0 saturated heterocycles. The van der Waals surface area contributed by atoms with Crippen LogP contribution in [0.25, 0.3) is 0 Å². The Kier molecular flexibility index (Phi) is 3.73. The van der Waals surface area contributed by atoms with Crippen molar-refractivity contribution in [1.29, 1.82) is 5.26 Å². The van der Waals surface area contributed by atoms with Crippen LogP contribution in [0.3, 0.4) is 0 Å². The van der Waals surface area contributed by atoms with Crippen molar-refractivity contribution < 1.29 is 9.66 Å². The SMILES string of the molecule is N#Cc1ncccc1Oc1c(Br)cccc1[N+](=O)[O-]. The van der Waals surface area contributed by atoms with Gasteiger partial charge in [0, 0.05) is 12.3 Å². The largest absolute Gasteiger partial charge is 0.446 e. The first-order chi connectivity index (χ1) is 9.13. The van der Waals surface area contributed by atoms with Crippen LogP contribution < -0.4 is 4.74 Å². The lowest BCUT2D eigenvalue weighted by Crippen LogP contribution is -1.96. The van der Waals surface area contributed by atoms with Gasteiger partial charge in [-0.1, -0.05) is 6.07 Å². The van der Waals surface area contributed by atoms with Crippen LogP contribution in [-0.4, -0.2) is 9.91 Å². The topological polar surface area (TPSA) is 89.0 Å². The molecule has 2 rings (SSSR count). The molecule has 0 saturated carbocycles. The van der Waals surface area contributed by atoms with Crippen LogP contribution in [0.2, 0.25) is 0 Å². The van der Waals surface area contributed by atoms with Crippen LogP contribution in [-0.2, 0) is 0 Å². The summed E-state index contributed by atoms with van der Waals surface area (Å²) in [6.45, 7) is 0. The number of para-hydroxylation sites is 1. The van der Waals surface area contributed by atoms with Gasteiger partial charge in [-0.05, 0) is 34.1 Å². The number of nitrogens with zero attached hydrogens (tertiary/aromatic N) is 3. The number of nitro groups is 1. The van der Waals surface area contributed by atoms with Gasteiger partial charge >= 0.3 is 5.69 Å². The summed E-state index contributed by atoms with van der Waals surface area (Å²) < 4.78 is 5.88. The highest BCUT2D eigenvalue weighted by molar-refractivity contribution is 9.10. The summed E-state index contributed by atoms with van der Waals surface area (Å²) in [4.78, 5) is 14.2. The maximum Gasteiger partial charge on any atom is 0.312 e. The number of rotatable bonds is 3. The van der Waals surface area contributed by atoms with Gasteiger partial charge in [0.05, 0.1) is 9.40 Å². The van der Waals surface area contributed by atoms with Gasteiger partial charge in [0.25, 0.3) is 0 Å². The first-order valence-corrected chi connectivity index (χ1v) is 5.88. The summed E-state index contributed by atoms with van der Waals surface area (Å²) in [6.07, 6.45) is 1.44. The Morgan fingerprint density at radius 3 is 2.84 bits per heavy atom. The number of hydrogen-bond acceptors (Lipinski definition) is 5. The van der Waals surface area contributed by atoms with E-state index in [1.165, 1.54) is 24.4 Å². The molecule has 0 aliphatic carbocycles. The first-order valence-electron chi connectivity index (χ1n) is 5.09. The molecule has 2 aromatic rings. The molecule has 0 bridgehead atoms. The van der Waals surface area contributed by atoms with Crippen molar-refractivity contribution >= 4 is 21.6 Å². The van der Waals surface area contributed by atoms with Crippen molar-refractivity contribution in [2.75, 3.05) is 0 Å². The molecule has 0 N–H and O–H groups in total. The van der Waals surface area contributed by atoms with Crippen LogP contribution in [0, 0.1) is 21.4 Å². The smallest absolute Gasteiger partial charge is 0.312 e. The molecule has 0 unspecified atom stereocenters. The summed E-state index contributed by atoms with van der Waals surface area (Å²) in [5.74, 6) is 0.206. The maximum absolute atomic E-state index is 10.9. The molecule has 0 atom stereocenters. The second-order valence-corrected chi connectivity index (χ2v) is 4.26. The monoisotopic (exact) mass is 319 g/mol. The Morgan fingerprint density at radius 1 is 1.37 bits per heavy atom. The minimum absolute atomic E-state index is 0.0389. The molecule has 1 heterocycles. The Labute approximate surface area is 116 Å². The van der Waals surface area contributed by atoms with Crippen LogP contribution >= 0.6 is 15.9 Å². The van der Waals surface area contributed by atoms with Gasteiger partial charge < -0.3 is 4.74 Å². The van der Waals surface area contributed by atoms with Crippen molar-refractivity contribution in [3.05, 3.63) is 56.8 Å². The average molecular weight is 320 g/mol. The minimum atomic E-state index is -0.553. The van der Waals surface area contributed by atoms with E-state index < -0.39 is 4.92 Å². The summed E-state index contributed by atoms with van der Waals surface area (Å²) in [5, 5.41) is 19.8. The molecule has 0 amide bonds. The third-order valence-electron chi connectivity index (χ3n) is 2.23. The van der Waals surface area contributed by atoms with E-state index in [9.17, 15) is 10.1 Å². The highest BCUT2D eigenvalue weighted by atomic mass is 79.9. The van der Waals surface area contributed by atoms with Crippen molar-refractivity contribution in [1.82, 2.24) is 4.98 Å². The highest BCUT2D eigenvalue weighted by Gasteiger charge is 2.19. The number of benzene rings is 1. The van der Waals surface area contributed by atoms with E-state index in [1.54, 1.807) is 12.1 Å². The molecule has 7 heteroatoms. The Bertz CT molecular complexity index is 682. The summed E-state index contributed by atoms with van der Waals surface area (Å²) >= 11 is 3.19. The van der Waals surface area contributed by atoms with Gasteiger partial charge in [-0.3, -0.25) is 10.1 Å². The standard InChI is InChI=1S/C12H6BrN3O3/c13-8-3-1-4-10(16(17)18)12(8)19-11-5-2-6-15-9(11)7-14/h1-6H. The Balaban J connectivity index is 2.50. The van der Waals surface area contributed by atoms with E-state index in [0.717, 1.165) is 0 Å². The molecule has 0 aliphatic rings. The molecule has 0 radical (unpaired) electrons. The van der Waals surface area contributed by atoms with Crippen LogP contribution in [0.1, 0.15) is 5.69 Å².